The quantitative estimate of drug-likeness (QED) is 0.192. The number of hydroxylamine groups is 1. The maximum atomic E-state index is 12.5. The number of Topliss-reactive ketones (excluding diaryl/α,β-unsaturated/α-hetero) is 1. The van der Waals surface area contributed by atoms with E-state index in [1.807, 2.05) is 0 Å². The Morgan fingerprint density at radius 3 is 2.28 bits per heavy atom. The highest BCUT2D eigenvalue weighted by Gasteiger charge is 2.23. The van der Waals surface area contributed by atoms with Gasteiger partial charge in [0.25, 0.3) is 5.91 Å². The zero-order chi connectivity index (χ0) is 23.5. The Hall–Kier alpha value is -3.69. The third kappa shape index (κ3) is 7.53. The number of hydrogen-bond acceptors (Lipinski definition) is 7. The summed E-state index contributed by atoms with van der Waals surface area (Å²) in [6.45, 7) is 3.24. The van der Waals surface area contributed by atoms with Crippen LogP contribution in [0.4, 0.5) is 10.5 Å². The van der Waals surface area contributed by atoms with Crippen LogP contribution in [0.1, 0.15) is 35.9 Å². The summed E-state index contributed by atoms with van der Waals surface area (Å²) in [5.74, 6) is -0.682. The maximum Gasteiger partial charge on any atom is 0.412 e. The average Bonchev–Trinajstić information content (AvgIpc) is 2.80. The number of carbonyl (C=O) groups is 3. The van der Waals surface area contributed by atoms with Crippen molar-refractivity contribution in [1.29, 1.82) is 0 Å². The van der Waals surface area contributed by atoms with E-state index in [0.29, 0.717) is 22.6 Å². The van der Waals surface area contributed by atoms with Gasteiger partial charge in [0.05, 0.1) is 6.61 Å². The van der Waals surface area contributed by atoms with Crippen molar-refractivity contribution in [1.82, 2.24) is 5.48 Å². The fourth-order valence-corrected chi connectivity index (χ4v) is 2.82. The second-order valence-electron chi connectivity index (χ2n) is 6.92. The second-order valence-corrected chi connectivity index (χ2v) is 6.92. The van der Waals surface area contributed by atoms with Crippen molar-refractivity contribution in [3.8, 4) is 5.75 Å². The van der Waals surface area contributed by atoms with Crippen molar-refractivity contribution in [2.75, 3.05) is 18.5 Å². The van der Waals surface area contributed by atoms with Gasteiger partial charge >= 0.3 is 6.09 Å². The molecule has 0 aliphatic carbocycles. The molecule has 0 aliphatic rings. The van der Waals surface area contributed by atoms with Gasteiger partial charge in [-0.25, -0.2) is 10.3 Å². The molecule has 170 valence electrons. The monoisotopic (exact) mass is 442 g/mol. The molecule has 0 radical (unpaired) electrons. The molecule has 4 N–H and O–H groups in total. The topological polar surface area (TPSA) is 134 Å². The third-order valence-electron chi connectivity index (χ3n) is 4.48. The molecule has 9 heteroatoms. The SMILES string of the molecule is CC(=O)c1ccc(NC(=O)O[C@H](c2ccc(OCCO)cc2)[C@H](C)/C=C/C(=O)NO)cc1. The summed E-state index contributed by atoms with van der Waals surface area (Å²) in [5.41, 5.74) is 3.12. The number of aliphatic hydroxyl groups is 1. The summed E-state index contributed by atoms with van der Waals surface area (Å²) in [7, 11) is 0. The first-order valence-corrected chi connectivity index (χ1v) is 9.88. The van der Waals surface area contributed by atoms with Crippen molar-refractivity contribution in [3.63, 3.8) is 0 Å². The highest BCUT2D eigenvalue weighted by molar-refractivity contribution is 5.95. The van der Waals surface area contributed by atoms with E-state index in [4.69, 9.17) is 19.8 Å². The van der Waals surface area contributed by atoms with Crippen LogP contribution < -0.4 is 15.5 Å². The van der Waals surface area contributed by atoms with Crippen molar-refractivity contribution >= 4 is 23.5 Å². The Morgan fingerprint density at radius 2 is 1.72 bits per heavy atom. The molecule has 2 atom stereocenters. The van der Waals surface area contributed by atoms with Crippen LogP contribution in [0.2, 0.25) is 0 Å². The zero-order valence-corrected chi connectivity index (χ0v) is 17.8. The number of carbonyl (C=O) groups excluding carboxylic acids is 3. The van der Waals surface area contributed by atoms with Gasteiger partial charge < -0.3 is 14.6 Å². The zero-order valence-electron chi connectivity index (χ0n) is 17.8. The van der Waals surface area contributed by atoms with E-state index in [1.165, 1.54) is 18.5 Å². The van der Waals surface area contributed by atoms with Crippen LogP contribution in [0, 0.1) is 5.92 Å². The average molecular weight is 442 g/mol. The molecule has 0 saturated heterocycles. The largest absolute Gasteiger partial charge is 0.491 e. The molecule has 0 saturated carbocycles. The molecule has 2 aromatic rings. The maximum absolute atomic E-state index is 12.5. The summed E-state index contributed by atoms with van der Waals surface area (Å²) in [6, 6.07) is 13.2. The molecule has 2 aromatic carbocycles. The number of anilines is 1. The lowest BCUT2D eigenvalue weighted by Crippen LogP contribution is -2.22. The number of aliphatic hydroxyl groups excluding tert-OH is 1. The highest BCUT2D eigenvalue weighted by atomic mass is 16.6. The standard InChI is InChI=1S/C23H26N2O7/c1-15(3-12-21(28)25-30)22(18-6-10-20(11-7-18)31-14-13-26)32-23(29)24-19-8-4-17(5-9-19)16(2)27/h3-12,15,22,26,30H,13-14H2,1-2H3,(H,24,29)(H,25,28)/b12-3+/t15-,22+/m1/s1. The number of amides is 2. The predicted octanol–water partition coefficient (Wildman–Crippen LogP) is 3.25. The number of ketones is 1. The fraction of sp³-hybridized carbons (Fsp3) is 0.261. The van der Waals surface area contributed by atoms with Crippen LogP contribution in [0.5, 0.6) is 5.75 Å². The Kier molecular flexibility index (Phi) is 9.40. The van der Waals surface area contributed by atoms with Gasteiger partial charge in [0.2, 0.25) is 0 Å². The van der Waals surface area contributed by atoms with E-state index in [1.54, 1.807) is 55.5 Å². The van der Waals surface area contributed by atoms with Gasteiger partial charge in [0.15, 0.2) is 5.78 Å². The van der Waals surface area contributed by atoms with Gasteiger partial charge in [0.1, 0.15) is 18.5 Å². The minimum atomic E-state index is -0.763. The van der Waals surface area contributed by atoms with Crippen LogP contribution >= 0.6 is 0 Å². The van der Waals surface area contributed by atoms with Gasteiger partial charge in [-0.15, -0.1) is 0 Å². The lowest BCUT2D eigenvalue weighted by atomic mass is 9.96. The van der Waals surface area contributed by atoms with E-state index < -0.39 is 24.0 Å². The Labute approximate surface area is 185 Å². The van der Waals surface area contributed by atoms with Crippen molar-refractivity contribution in [2.24, 2.45) is 5.92 Å². The normalized spacial score (nSPS) is 12.6. The summed E-state index contributed by atoms with van der Waals surface area (Å²) >= 11 is 0. The van der Waals surface area contributed by atoms with E-state index >= 15 is 0 Å². The molecule has 0 unspecified atom stereocenters. The molecule has 9 nitrogen and oxygen atoms in total. The first kappa shape index (κ1) is 24.6. The summed E-state index contributed by atoms with van der Waals surface area (Å²) in [5, 5.41) is 20.1. The Morgan fingerprint density at radius 1 is 1.06 bits per heavy atom. The smallest absolute Gasteiger partial charge is 0.412 e. The van der Waals surface area contributed by atoms with Gasteiger partial charge in [-0.1, -0.05) is 25.1 Å². The molecule has 0 heterocycles. The number of ether oxygens (including phenoxy) is 2. The van der Waals surface area contributed by atoms with E-state index in [-0.39, 0.29) is 19.0 Å². The van der Waals surface area contributed by atoms with Gasteiger partial charge in [0, 0.05) is 23.2 Å². The Bertz CT molecular complexity index is 940. The first-order chi connectivity index (χ1) is 15.3. The van der Waals surface area contributed by atoms with Gasteiger partial charge in [-0.3, -0.25) is 20.1 Å². The molecule has 0 aromatic heterocycles. The number of hydrogen-bond donors (Lipinski definition) is 4. The molecule has 32 heavy (non-hydrogen) atoms. The van der Waals surface area contributed by atoms with Crippen LogP contribution in [0.15, 0.2) is 60.7 Å². The molecular formula is C23H26N2O7. The van der Waals surface area contributed by atoms with Crippen molar-refractivity contribution < 1.29 is 34.2 Å². The molecule has 0 fully saturated rings. The van der Waals surface area contributed by atoms with Crippen LogP contribution in [-0.4, -0.2) is 41.3 Å². The molecule has 2 rings (SSSR count). The number of rotatable bonds is 10. The van der Waals surface area contributed by atoms with E-state index in [9.17, 15) is 14.4 Å². The molecular weight excluding hydrogens is 416 g/mol. The predicted molar refractivity (Wildman–Crippen MR) is 117 cm³/mol. The molecule has 0 spiro atoms. The summed E-state index contributed by atoms with van der Waals surface area (Å²) in [6.07, 6.45) is 1.15. The minimum absolute atomic E-state index is 0.0851. The second kappa shape index (κ2) is 12.2. The molecule has 0 bridgehead atoms. The van der Waals surface area contributed by atoms with Gasteiger partial charge in [-0.2, -0.15) is 0 Å². The number of nitrogens with one attached hydrogen (secondary N) is 2. The summed E-state index contributed by atoms with van der Waals surface area (Å²) in [4.78, 5) is 35.2. The fourth-order valence-electron chi connectivity index (χ4n) is 2.82. The first-order valence-electron chi connectivity index (χ1n) is 9.88. The van der Waals surface area contributed by atoms with E-state index in [0.717, 1.165) is 6.08 Å². The van der Waals surface area contributed by atoms with E-state index in [2.05, 4.69) is 5.32 Å². The minimum Gasteiger partial charge on any atom is -0.491 e. The highest BCUT2D eigenvalue weighted by Crippen LogP contribution is 2.29. The van der Waals surface area contributed by atoms with Crippen molar-refractivity contribution in [2.45, 2.75) is 20.0 Å². The third-order valence-corrected chi connectivity index (χ3v) is 4.48. The van der Waals surface area contributed by atoms with Crippen LogP contribution in [-0.2, 0) is 9.53 Å². The van der Waals surface area contributed by atoms with Crippen LogP contribution in [0.25, 0.3) is 0 Å². The molecule has 0 aliphatic heterocycles. The Balaban J connectivity index is 2.17. The molecule has 2 amide bonds. The summed E-state index contributed by atoms with van der Waals surface area (Å²) < 4.78 is 11.0. The van der Waals surface area contributed by atoms with Crippen molar-refractivity contribution in [3.05, 3.63) is 71.8 Å². The lowest BCUT2D eigenvalue weighted by Gasteiger charge is -2.23. The van der Waals surface area contributed by atoms with Gasteiger partial charge in [-0.05, 0) is 48.9 Å². The number of benzene rings is 2. The van der Waals surface area contributed by atoms with Crippen LogP contribution in [0.3, 0.4) is 0 Å². The lowest BCUT2D eigenvalue weighted by molar-refractivity contribution is -0.124.